The Morgan fingerprint density at radius 3 is 2.59 bits per heavy atom. The zero-order chi connectivity index (χ0) is 19.1. The number of rotatable bonds is 3. The fourth-order valence-electron chi connectivity index (χ4n) is 2.57. The van der Waals surface area contributed by atoms with Gasteiger partial charge in [0.05, 0.1) is 24.6 Å². The number of ether oxygens (including phenoxy) is 3. The maximum atomic E-state index is 11.9. The predicted molar refractivity (Wildman–Crippen MR) is 87.1 cm³/mol. The second-order valence-corrected chi connectivity index (χ2v) is 7.06. The van der Waals surface area contributed by atoms with E-state index in [0.717, 1.165) is 0 Å². The quantitative estimate of drug-likeness (QED) is 0.541. The minimum absolute atomic E-state index is 0. The summed E-state index contributed by atoms with van der Waals surface area (Å²) in [6.45, 7) is 5.74. The summed E-state index contributed by atoms with van der Waals surface area (Å²) in [6, 6.07) is 2.93. The topological polar surface area (TPSA) is 118 Å². The number of carboxylic acids is 1. The molecule has 0 unspecified atom stereocenters. The molecule has 2 aliphatic rings. The number of likely N-dealkylation sites (tertiary alicyclic amines) is 1. The molecule has 0 spiro atoms. The van der Waals surface area contributed by atoms with Crippen LogP contribution in [0.25, 0.3) is 0 Å². The Hall–Kier alpha value is -1.62. The normalized spacial score (nSPS) is 16.1. The fraction of sp³-hybridized carbons (Fsp3) is 0.500. The van der Waals surface area contributed by atoms with E-state index < -0.39 is 30.9 Å². The standard InChI is InChI=1S/C16H20BNO8.Na/c1-16(2,3)25-15(21)18-6-9(7-18)24-10-4-5-11-13(12(10)14(19)20)26-17(22)8-23-11;/h4-5,9,22H,6-8H2,1-3H3,(H,19,20);/q;+1/p-1. The van der Waals surface area contributed by atoms with Crippen LogP contribution < -0.4 is 48.8 Å². The van der Waals surface area contributed by atoms with Crippen LogP contribution in [0.4, 0.5) is 4.79 Å². The van der Waals surface area contributed by atoms with Crippen molar-refractivity contribution in [2.75, 3.05) is 19.6 Å². The Labute approximate surface area is 179 Å². The van der Waals surface area contributed by atoms with E-state index in [0.29, 0.717) is 0 Å². The van der Waals surface area contributed by atoms with Crippen LogP contribution in [-0.4, -0.2) is 60.4 Å². The molecular weight excluding hydrogens is 368 g/mol. The third-order valence-electron chi connectivity index (χ3n) is 3.72. The van der Waals surface area contributed by atoms with Gasteiger partial charge >= 0.3 is 42.8 Å². The van der Waals surface area contributed by atoms with Crippen molar-refractivity contribution < 1.29 is 68.1 Å². The van der Waals surface area contributed by atoms with Crippen LogP contribution in [-0.2, 0) is 4.74 Å². The number of hydrogen-bond acceptors (Lipinski definition) is 8. The monoisotopic (exact) mass is 387 g/mol. The van der Waals surface area contributed by atoms with Gasteiger partial charge in [-0.3, -0.25) is 0 Å². The van der Waals surface area contributed by atoms with Gasteiger partial charge in [-0.1, -0.05) is 0 Å². The molecule has 0 bridgehead atoms. The van der Waals surface area contributed by atoms with Crippen molar-refractivity contribution in [3.05, 3.63) is 17.7 Å². The Balaban J connectivity index is 0.00000261. The van der Waals surface area contributed by atoms with Crippen LogP contribution >= 0.6 is 0 Å². The molecule has 0 atom stereocenters. The van der Waals surface area contributed by atoms with E-state index in [4.69, 9.17) is 18.9 Å². The summed E-state index contributed by atoms with van der Waals surface area (Å²) in [7, 11) is -1.28. The van der Waals surface area contributed by atoms with Crippen molar-refractivity contribution in [2.24, 2.45) is 0 Å². The smallest absolute Gasteiger partial charge is 0.545 e. The molecule has 140 valence electrons. The Bertz CT molecular complexity index is 732. The maximum Gasteiger partial charge on any atom is 1.00 e. The summed E-state index contributed by atoms with van der Waals surface area (Å²) >= 11 is 0. The number of aromatic carboxylic acids is 1. The van der Waals surface area contributed by atoms with Crippen LogP contribution in [0, 0.1) is 0 Å². The maximum absolute atomic E-state index is 11.9. The average Bonchev–Trinajstić information content (AvgIpc) is 2.47. The molecule has 9 nitrogen and oxygen atoms in total. The molecular formula is C16H19BNNaO8. The number of nitrogens with zero attached hydrogens (tertiary/aromatic N) is 1. The van der Waals surface area contributed by atoms with Gasteiger partial charge in [0.25, 0.3) is 0 Å². The van der Waals surface area contributed by atoms with Crippen molar-refractivity contribution >= 4 is 19.2 Å². The Kier molecular flexibility index (Phi) is 6.57. The van der Waals surface area contributed by atoms with Gasteiger partial charge in [-0.05, 0) is 32.9 Å². The molecule has 11 heteroatoms. The van der Waals surface area contributed by atoms with Gasteiger partial charge in [0.1, 0.15) is 24.0 Å². The van der Waals surface area contributed by atoms with E-state index in [1.165, 1.54) is 17.0 Å². The van der Waals surface area contributed by atoms with Crippen LogP contribution in [0.2, 0.25) is 0 Å². The van der Waals surface area contributed by atoms with E-state index >= 15 is 0 Å². The van der Waals surface area contributed by atoms with E-state index in [1.54, 1.807) is 20.8 Å². The van der Waals surface area contributed by atoms with Crippen molar-refractivity contribution in [1.29, 1.82) is 0 Å². The molecule has 1 N–H and O–H groups in total. The third-order valence-corrected chi connectivity index (χ3v) is 3.72. The molecule has 0 aliphatic carbocycles. The largest absolute Gasteiger partial charge is 1.00 e. The molecule has 1 saturated heterocycles. The molecule has 1 amide bonds. The molecule has 2 aliphatic heterocycles. The van der Waals surface area contributed by atoms with E-state index in [9.17, 15) is 19.7 Å². The first-order chi connectivity index (χ1) is 12.1. The molecule has 1 aromatic carbocycles. The minimum Gasteiger partial charge on any atom is -0.545 e. The van der Waals surface area contributed by atoms with E-state index in [1.807, 2.05) is 0 Å². The van der Waals surface area contributed by atoms with Crippen LogP contribution in [0.3, 0.4) is 0 Å². The summed E-state index contributed by atoms with van der Waals surface area (Å²) in [5, 5.41) is 21.0. The van der Waals surface area contributed by atoms with Crippen molar-refractivity contribution in [3.8, 4) is 17.2 Å². The van der Waals surface area contributed by atoms with Gasteiger partial charge < -0.3 is 38.7 Å². The molecule has 2 heterocycles. The van der Waals surface area contributed by atoms with Crippen LogP contribution in [0.5, 0.6) is 17.2 Å². The summed E-state index contributed by atoms with van der Waals surface area (Å²) in [4.78, 5) is 24.9. The van der Waals surface area contributed by atoms with Crippen molar-refractivity contribution in [1.82, 2.24) is 4.90 Å². The van der Waals surface area contributed by atoms with Gasteiger partial charge in [0.15, 0.2) is 11.5 Å². The first-order valence-electron chi connectivity index (χ1n) is 8.14. The minimum atomic E-state index is -1.52. The molecule has 0 radical (unpaired) electrons. The van der Waals surface area contributed by atoms with Crippen LogP contribution in [0.1, 0.15) is 31.1 Å². The first kappa shape index (κ1) is 21.7. The number of hydrogen-bond donors (Lipinski definition) is 1. The number of carboxylic acid groups (broad SMARTS) is 1. The summed E-state index contributed by atoms with van der Waals surface area (Å²) in [6.07, 6.45) is -0.851. The second-order valence-electron chi connectivity index (χ2n) is 7.06. The summed E-state index contributed by atoms with van der Waals surface area (Å²) < 4.78 is 21.3. The molecule has 3 rings (SSSR count). The van der Waals surface area contributed by atoms with E-state index in [2.05, 4.69) is 0 Å². The van der Waals surface area contributed by atoms with Gasteiger partial charge in [-0.15, -0.1) is 0 Å². The van der Waals surface area contributed by atoms with Crippen molar-refractivity contribution in [2.45, 2.75) is 32.5 Å². The number of benzene rings is 1. The number of carbonyl (C=O) groups is 2. The molecule has 1 fully saturated rings. The molecule has 27 heavy (non-hydrogen) atoms. The summed E-state index contributed by atoms with van der Waals surface area (Å²) in [5.74, 6) is -1.44. The average molecular weight is 387 g/mol. The molecule has 0 aromatic heterocycles. The number of fused-ring (bicyclic) bond motifs is 1. The number of amides is 1. The van der Waals surface area contributed by atoms with Gasteiger partial charge in [-0.2, -0.15) is 0 Å². The van der Waals surface area contributed by atoms with Gasteiger partial charge in [0.2, 0.25) is 0 Å². The molecule has 0 saturated carbocycles. The number of carbonyl (C=O) groups excluding carboxylic acids is 2. The Morgan fingerprint density at radius 2 is 2.00 bits per heavy atom. The summed E-state index contributed by atoms with van der Waals surface area (Å²) in [5.41, 5.74) is -0.932. The predicted octanol–water partition coefficient (Wildman–Crippen LogP) is -3.16. The van der Waals surface area contributed by atoms with Gasteiger partial charge in [0, 0.05) is 0 Å². The third kappa shape index (κ3) is 5.01. The zero-order valence-corrected chi connectivity index (χ0v) is 17.7. The zero-order valence-electron chi connectivity index (χ0n) is 15.7. The van der Waals surface area contributed by atoms with Crippen LogP contribution in [0.15, 0.2) is 12.1 Å². The van der Waals surface area contributed by atoms with E-state index in [-0.39, 0.29) is 72.0 Å². The first-order valence-corrected chi connectivity index (χ1v) is 8.14. The second kappa shape index (κ2) is 8.18. The molecule has 1 aromatic rings. The Morgan fingerprint density at radius 1 is 1.33 bits per heavy atom. The van der Waals surface area contributed by atoms with Gasteiger partial charge in [-0.25, -0.2) is 4.79 Å². The fourth-order valence-corrected chi connectivity index (χ4v) is 2.57. The van der Waals surface area contributed by atoms with Crippen molar-refractivity contribution in [3.63, 3.8) is 0 Å². The SMILES string of the molecule is CC(C)(C)OC(=O)N1CC(Oc2ccc3c(c2C(=O)[O-])OB(O)CO3)C1.[Na+].